The zero-order chi connectivity index (χ0) is 27.3. The molecule has 206 valence electrons. The maximum absolute atomic E-state index is 13.6. The van der Waals surface area contributed by atoms with Crippen LogP contribution in [0.25, 0.3) is 11.0 Å². The highest BCUT2D eigenvalue weighted by Gasteiger charge is 2.29. The summed E-state index contributed by atoms with van der Waals surface area (Å²) < 4.78 is 28.8. The molecule has 1 atom stereocenters. The van der Waals surface area contributed by atoms with Gasteiger partial charge >= 0.3 is 0 Å². The van der Waals surface area contributed by atoms with Crippen LogP contribution < -0.4 is 10.6 Å². The second-order valence-corrected chi connectivity index (χ2v) is 12.5. The van der Waals surface area contributed by atoms with E-state index in [1.54, 1.807) is 34.8 Å². The second kappa shape index (κ2) is 12.1. The first-order valence-corrected chi connectivity index (χ1v) is 14.6. The zero-order valence-corrected chi connectivity index (χ0v) is 23.3. The Morgan fingerprint density at radius 3 is 2.63 bits per heavy atom. The molecule has 2 aromatic heterocycles. The smallest absolute Gasteiger partial charge is 0.245 e. The number of likely N-dealkylation sites (tertiary alicyclic amines) is 1. The maximum Gasteiger partial charge on any atom is 0.245 e. The average Bonchev–Trinajstić information content (AvgIpc) is 3.37. The molecule has 1 fully saturated rings. The number of aromatic nitrogens is 4. The highest BCUT2D eigenvalue weighted by Crippen LogP contribution is 2.26. The van der Waals surface area contributed by atoms with Crippen LogP contribution >= 0.6 is 0 Å². The summed E-state index contributed by atoms with van der Waals surface area (Å²) in [7, 11) is -3.73. The van der Waals surface area contributed by atoms with Crippen molar-refractivity contribution in [1.82, 2.24) is 29.4 Å². The standard InChI is InChI=1S/C26H38N8O3S/c1-18(2)14-34(15-19(3)4)38(36,37)23-10-6-5-9-22(23)27-13-24(35)33-11-7-8-20(16-33)31-25-21-12-30-32-26(21)29-17-28-25/h5-6,9-10,12,17-20,27H,7-8,11,13-16H2,1-4H3,(H2,28,29,30,31,32)/t20-/m0/s1. The van der Waals surface area contributed by atoms with Crippen molar-refractivity contribution in [3.05, 3.63) is 36.8 Å². The van der Waals surface area contributed by atoms with Crippen LogP contribution in [0.15, 0.2) is 41.7 Å². The van der Waals surface area contributed by atoms with E-state index in [4.69, 9.17) is 0 Å². The average molecular weight is 543 g/mol. The van der Waals surface area contributed by atoms with Crippen molar-refractivity contribution >= 4 is 38.5 Å². The number of hydrogen-bond donors (Lipinski definition) is 3. The molecule has 1 amide bonds. The fraction of sp³-hybridized carbons (Fsp3) is 0.538. The van der Waals surface area contributed by atoms with Gasteiger partial charge in [-0.05, 0) is 36.8 Å². The SMILES string of the molecule is CC(C)CN(CC(C)C)S(=O)(=O)c1ccccc1NCC(=O)N1CCC[C@H](Nc2ncnc3[nH]ncc23)C1. The van der Waals surface area contributed by atoms with Gasteiger partial charge in [0.1, 0.15) is 17.0 Å². The molecule has 0 unspecified atom stereocenters. The molecule has 3 aromatic rings. The van der Waals surface area contributed by atoms with Crippen molar-refractivity contribution in [2.75, 3.05) is 43.4 Å². The van der Waals surface area contributed by atoms with Crippen LogP contribution in [0.2, 0.25) is 0 Å². The molecule has 11 nitrogen and oxygen atoms in total. The minimum atomic E-state index is -3.73. The van der Waals surface area contributed by atoms with E-state index in [-0.39, 0.29) is 35.2 Å². The topological polar surface area (TPSA) is 136 Å². The third-order valence-corrected chi connectivity index (χ3v) is 8.33. The van der Waals surface area contributed by atoms with Crippen LogP contribution in [-0.2, 0) is 14.8 Å². The van der Waals surface area contributed by atoms with Gasteiger partial charge in [0.05, 0.1) is 23.8 Å². The van der Waals surface area contributed by atoms with E-state index in [0.29, 0.717) is 43.3 Å². The Kier molecular flexibility index (Phi) is 8.83. The number of sulfonamides is 1. The van der Waals surface area contributed by atoms with Gasteiger partial charge in [-0.25, -0.2) is 18.4 Å². The van der Waals surface area contributed by atoms with Crippen molar-refractivity contribution in [1.29, 1.82) is 0 Å². The summed E-state index contributed by atoms with van der Waals surface area (Å²) >= 11 is 0. The number of fused-ring (bicyclic) bond motifs is 1. The zero-order valence-electron chi connectivity index (χ0n) is 22.5. The first-order valence-electron chi connectivity index (χ1n) is 13.2. The van der Waals surface area contributed by atoms with Gasteiger partial charge in [0.15, 0.2) is 5.65 Å². The number of piperidine rings is 1. The van der Waals surface area contributed by atoms with E-state index >= 15 is 0 Å². The van der Waals surface area contributed by atoms with Crippen molar-refractivity contribution < 1.29 is 13.2 Å². The lowest BCUT2D eigenvalue weighted by molar-refractivity contribution is -0.130. The lowest BCUT2D eigenvalue weighted by atomic mass is 10.1. The summed E-state index contributed by atoms with van der Waals surface area (Å²) in [6, 6.07) is 6.85. The number of carbonyl (C=O) groups excluding carboxylic acids is 1. The summed E-state index contributed by atoms with van der Waals surface area (Å²) in [6.45, 7) is 10.1. The van der Waals surface area contributed by atoms with E-state index in [2.05, 4.69) is 30.8 Å². The van der Waals surface area contributed by atoms with Crippen LogP contribution in [0, 0.1) is 11.8 Å². The Hall–Kier alpha value is -3.25. The van der Waals surface area contributed by atoms with E-state index in [1.165, 1.54) is 6.33 Å². The second-order valence-electron chi connectivity index (χ2n) is 10.6. The summed E-state index contributed by atoms with van der Waals surface area (Å²) in [6.07, 6.45) is 4.92. The highest BCUT2D eigenvalue weighted by atomic mass is 32.2. The van der Waals surface area contributed by atoms with Crippen molar-refractivity contribution in [3.8, 4) is 0 Å². The molecule has 38 heavy (non-hydrogen) atoms. The van der Waals surface area contributed by atoms with Crippen LogP contribution in [-0.4, -0.2) is 82.5 Å². The van der Waals surface area contributed by atoms with E-state index in [0.717, 1.165) is 18.2 Å². The van der Waals surface area contributed by atoms with Gasteiger partial charge in [-0.3, -0.25) is 9.89 Å². The van der Waals surface area contributed by atoms with Gasteiger partial charge in [0.2, 0.25) is 15.9 Å². The molecule has 12 heteroatoms. The number of para-hydroxylation sites is 1. The number of nitrogens with one attached hydrogen (secondary N) is 3. The number of rotatable bonds is 11. The van der Waals surface area contributed by atoms with Crippen LogP contribution in [0.3, 0.4) is 0 Å². The molecule has 0 spiro atoms. The summed E-state index contributed by atoms with van der Waals surface area (Å²) in [5, 5.41) is 14.2. The van der Waals surface area contributed by atoms with Gasteiger partial charge in [0, 0.05) is 32.2 Å². The molecule has 4 rings (SSSR count). The van der Waals surface area contributed by atoms with Gasteiger partial charge < -0.3 is 15.5 Å². The van der Waals surface area contributed by atoms with Crippen LogP contribution in [0.4, 0.5) is 11.5 Å². The van der Waals surface area contributed by atoms with Crippen molar-refractivity contribution in [3.63, 3.8) is 0 Å². The summed E-state index contributed by atoms with van der Waals surface area (Å²) in [5.41, 5.74) is 1.10. The number of hydrogen-bond acceptors (Lipinski definition) is 8. The molecule has 1 aliphatic heterocycles. The van der Waals surface area contributed by atoms with E-state index in [1.807, 2.05) is 32.6 Å². The molecule has 1 saturated heterocycles. The predicted octanol–water partition coefficient (Wildman–Crippen LogP) is 3.17. The lowest BCUT2D eigenvalue weighted by Gasteiger charge is -2.33. The Bertz CT molecular complexity index is 1330. The first kappa shape index (κ1) is 27.8. The number of H-pyrrole nitrogens is 1. The fourth-order valence-corrected chi connectivity index (χ4v) is 6.68. The summed E-state index contributed by atoms with van der Waals surface area (Å²) in [4.78, 5) is 23.7. The Morgan fingerprint density at radius 2 is 1.89 bits per heavy atom. The molecule has 0 aliphatic carbocycles. The summed E-state index contributed by atoms with van der Waals surface area (Å²) in [5.74, 6) is 0.990. The number of benzene rings is 1. The van der Waals surface area contributed by atoms with E-state index < -0.39 is 10.0 Å². The predicted molar refractivity (Wildman–Crippen MR) is 148 cm³/mol. The monoisotopic (exact) mass is 542 g/mol. The molecule has 3 N–H and O–H groups in total. The Labute approximate surface area is 224 Å². The minimum absolute atomic E-state index is 0.00704. The normalized spacial score (nSPS) is 16.5. The molecule has 3 heterocycles. The van der Waals surface area contributed by atoms with Gasteiger partial charge in [-0.1, -0.05) is 39.8 Å². The fourth-order valence-electron chi connectivity index (χ4n) is 4.74. The Morgan fingerprint density at radius 1 is 1.16 bits per heavy atom. The largest absolute Gasteiger partial charge is 0.375 e. The number of nitrogens with zero attached hydrogens (tertiary/aromatic N) is 5. The molecule has 1 aliphatic rings. The molecular formula is C26H38N8O3S. The minimum Gasteiger partial charge on any atom is -0.375 e. The number of anilines is 2. The molecule has 0 saturated carbocycles. The van der Waals surface area contributed by atoms with E-state index in [9.17, 15) is 13.2 Å². The maximum atomic E-state index is 13.6. The third-order valence-electron chi connectivity index (χ3n) is 6.44. The Balaban J connectivity index is 1.42. The third kappa shape index (κ3) is 6.60. The molecule has 0 radical (unpaired) electrons. The molecule has 0 bridgehead atoms. The van der Waals surface area contributed by atoms with Crippen LogP contribution in [0.5, 0.6) is 0 Å². The van der Waals surface area contributed by atoms with Gasteiger partial charge in [-0.2, -0.15) is 9.40 Å². The molecule has 1 aromatic carbocycles. The van der Waals surface area contributed by atoms with Gasteiger partial charge in [0.25, 0.3) is 0 Å². The van der Waals surface area contributed by atoms with Gasteiger partial charge in [-0.15, -0.1) is 0 Å². The molecular weight excluding hydrogens is 504 g/mol. The quantitative estimate of drug-likeness (QED) is 0.336. The number of amides is 1. The number of aromatic amines is 1. The highest BCUT2D eigenvalue weighted by molar-refractivity contribution is 7.89. The van der Waals surface area contributed by atoms with Crippen molar-refractivity contribution in [2.45, 2.75) is 51.5 Å². The number of carbonyl (C=O) groups is 1. The first-order chi connectivity index (χ1) is 18.1. The lowest BCUT2D eigenvalue weighted by Crippen LogP contribution is -2.47. The van der Waals surface area contributed by atoms with Crippen molar-refractivity contribution in [2.24, 2.45) is 11.8 Å². The van der Waals surface area contributed by atoms with Crippen LogP contribution in [0.1, 0.15) is 40.5 Å².